The molecule has 0 aliphatic carbocycles. The van der Waals surface area contributed by atoms with Gasteiger partial charge in [-0.2, -0.15) is 0 Å². The molecule has 1 aliphatic heterocycles. The number of carboxylic acid groups (broad SMARTS) is 1. The van der Waals surface area contributed by atoms with Gasteiger partial charge in [0, 0.05) is 13.0 Å². The number of carbonyl (C=O) groups is 8. The molecule has 7 amide bonds. The number of carbonyl (C=O) groups excluding carboxylic acids is 7. The topological polar surface area (TPSA) is 340 Å². The molecule has 0 radical (unpaired) electrons. The molecule has 0 spiro atoms. The number of aliphatic imine (C=N–C) groups is 1. The van der Waals surface area contributed by atoms with Crippen LogP contribution >= 0.6 is 0 Å². The van der Waals surface area contributed by atoms with E-state index in [-0.39, 0.29) is 38.2 Å². The lowest BCUT2D eigenvalue weighted by Gasteiger charge is -2.23. The molecule has 0 aromatic carbocycles. The monoisotopic (exact) mass is 600 g/mol. The molecule has 1 rings (SSSR count). The maximum absolute atomic E-state index is 12.7. The Morgan fingerprint density at radius 1 is 0.786 bits per heavy atom. The number of nitrogens with zero attached hydrogens (tertiary/aromatic N) is 1. The van der Waals surface area contributed by atoms with E-state index in [4.69, 9.17) is 22.3 Å². The van der Waals surface area contributed by atoms with E-state index in [0.717, 1.165) is 0 Å². The van der Waals surface area contributed by atoms with Crippen LogP contribution < -0.4 is 49.1 Å². The number of guanidine groups is 1. The average Bonchev–Trinajstić information content (AvgIpc) is 2.91. The first kappa shape index (κ1) is 35.0. The Morgan fingerprint density at radius 2 is 1.38 bits per heavy atom. The highest BCUT2D eigenvalue weighted by Gasteiger charge is 2.31. The standard InChI is InChI=1S/C22H36N10O10/c23-18(39)10-3-4-14(34)27-7-15(35)29-11(2-1-5-26-22(24)25)19(40)28-8-16(36)30-12(6-17(37)38)20(41)32-13(9-33)21(42)31-10/h10-13,33H,1-9H2,(H2,23,39)(H,27,34)(H,28,40)(H,29,35)(H,30,36)(H,31,42)(H,32,41)(H,37,38)(H4,24,25,26)/t10-,11-,12-,13-/m0/s1. The molecule has 14 N–H and O–H groups in total. The van der Waals surface area contributed by atoms with Gasteiger partial charge in [0.2, 0.25) is 41.4 Å². The fourth-order valence-electron chi connectivity index (χ4n) is 3.50. The third-order valence-electron chi connectivity index (χ3n) is 5.63. The van der Waals surface area contributed by atoms with E-state index in [1.165, 1.54) is 0 Å². The van der Waals surface area contributed by atoms with Crippen LogP contribution in [0.4, 0.5) is 0 Å². The van der Waals surface area contributed by atoms with Crippen LogP contribution in [0.2, 0.25) is 0 Å². The normalized spacial score (nSPS) is 23.5. The van der Waals surface area contributed by atoms with E-state index in [0.29, 0.717) is 0 Å². The number of amides is 7. The molecule has 1 fully saturated rings. The van der Waals surface area contributed by atoms with Crippen molar-refractivity contribution in [2.75, 3.05) is 26.2 Å². The summed E-state index contributed by atoms with van der Waals surface area (Å²) in [6, 6.07) is -6.08. The molecule has 1 heterocycles. The molecule has 0 aromatic rings. The van der Waals surface area contributed by atoms with Crippen LogP contribution in [0, 0.1) is 0 Å². The predicted molar refractivity (Wildman–Crippen MR) is 141 cm³/mol. The Kier molecular flexibility index (Phi) is 14.7. The largest absolute Gasteiger partial charge is 0.481 e. The van der Waals surface area contributed by atoms with Gasteiger partial charge in [-0.15, -0.1) is 0 Å². The van der Waals surface area contributed by atoms with Gasteiger partial charge in [-0.1, -0.05) is 0 Å². The number of aliphatic carboxylic acids is 1. The molecule has 0 saturated carbocycles. The fraction of sp³-hybridized carbons (Fsp3) is 0.591. The lowest BCUT2D eigenvalue weighted by molar-refractivity contribution is -0.141. The van der Waals surface area contributed by atoms with E-state index in [9.17, 15) is 43.5 Å². The van der Waals surface area contributed by atoms with Crippen molar-refractivity contribution in [3.05, 3.63) is 0 Å². The number of nitrogens with one attached hydrogen (secondary N) is 6. The van der Waals surface area contributed by atoms with Crippen molar-refractivity contribution in [1.29, 1.82) is 0 Å². The van der Waals surface area contributed by atoms with Crippen LogP contribution in [0.3, 0.4) is 0 Å². The second-order valence-electron chi connectivity index (χ2n) is 9.03. The number of aliphatic hydroxyl groups is 1. The summed E-state index contributed by atoms with van der Waals surface area (Å²) in [5, 5.41) is 32.0. The fourth-order valence-corrected chi connectivity index (χ4v) is 3.50. The maximum atomic E-state index is 12.7. The maximum Gasteiger partial charge on any atom is 0.305 e. The minimum atomic E-state index is -1.75. The van der Waals surface area contributed by atoms with E-state index < -0.39 is 97.6 Å². The third-order valence-corrected chi connectivity index (χ3v) is 5.63. The van der Waals surface area contributed by atoms with Crippen LogP contribution in [-0.2, 0) is 38.4 Å². The van der Waals surface area contributed by atoms with Crippen LogP contribution in [0.15, 0.2) is 4.99 Å². The summed E-state index contributed by atoms with van der Waals surface area (Å²) < 4.78 is 0. The zero-order chi connectivity index (χ0) is 31.8. The predicted octanol–water partition coefficient (Wildman–Crippen LogP) is -7.04. The van der Waals surface area contributed by atoms with Gasteiger partial charge in [-0.25, -0.2) is 0 Å². The van der Waals surface area contributed by atoms with Crippen molar-refractivity contribution in [3.63, 3.8) is 0 Å². The Balaban J connectivity index is 3.21. The van der Waals surface area contributed by atoms with Gasteiger partial charge < -0.3 is 59.3 Å². The van der Waals surface area contributed by atoms with E-state index >= 15 is 0 Å². The molecule has 0 bridgehead atoms. The number of rotatable bonds is 8. The second-order valence-corrected chi connectivity index (χ2v) is 9.03. The highest BCUT2D eigenvalue weighted by molar-refractivity contribution is 5.97. The second kappa shape index (κ2) is 17.6. The lowest BCUT2D eigenvalue weighted by atomic mass is 10.1. The van der Waals surface area contributed by atoms with Gasteiger partial charge in [-0.05, 0) is 19.3 Å². The number of nitrogens with two attached hydrogens (primary N) is 3. The van der Waals surface area contributed by atoms with Gasteiger partial charge in [0.15, 0.2) is 5.96 Å². The van der Waals surface area contributed by atoms with E-state index in [2.05, 4.69) is 36.9 Å². The quantitative estimate of drug-likeness (QED) is 0.0703. The molecule has 0 aromatic heterocycles. The van der Waals surface area contributed by atoms with Crippen molar-refractivity contribution < 1.29 is 48.6 Å². The summed E-state index contributed by atoms with van der Waals surface area (Å²) in [7, 11) is 0. The number of carboxylic acids is 1. The highest BCUT2D eigenvalue weighted by Crippen LogP contribution is 2.02. The first-order valence-corrected chi connectivity index (χ1v) is 12.6. The third kappa shape index (κ3) is 13.4. The SMILES string of the molecule is NC(=O)[C@@H]1CCC(=O)NCC(=O)N[C@@H](CCCN=C(N)N)C(=O)NCC(=O)N[C@@H](CC(=O)O)C(=O)N[C@@H](CO)C(=O)N1. The van der Waals surface area contributed by atoms with E-state index in [1.807, 2.05) is 0 Å². The van der Waals surface area contributed by atoms with Crippen LogP contribution in [0.5, 0.6) is 0 Å². The molecule has 1 aliphatic rings. The first-order valence-electron chi connectivity index (χ1n) is 12.6. The zero-order valence-corrected chi connectivity index (χ0v) is 22.5. The summed E-state index contributed by atoms with van der Waals surface area (Å²) in [4.78, 5) is 102. The lowest BCUT2D eigenvalue weighted by Crippen LogP contribution is -2.58. The summed E-state index contributed by atoms with van der Waals surface area (Å²) >= 11 is 0. The number of aliphatic hydroxyl groups excluding tert-OH is 1. The molecule has 234 valence electrons. The molecule has 4 atom stereocenters. The summed E-state index contributed by atoms with van der Waals surface area (Å²) in [5.41, 5.74) is 15.8. The molecule has 1 saturated heterocycles. The Morgan fingerprint density at radius 3 is 1.95 bits per heavy atom. The molecule has 20 nitrogen and oxygen atoms in total. The Bertz CT molecular complexity index is 1080. The highest BCUT2D eigenvalue weighted by atomic mass is 16.4. The molecular weight excluding hydrogens is 564 g/mol. The van der Waals surface area contributed by atoms with E-state index in [1.54, 1.807) is 0 Å². The van der Waals surface area contributed by atoms with Gasteiger partial charge in [0.25, 0.3) is 0 Å². The van der Waals surface area contributed by atoms with Crippen molar-refractivity contribution in [2.45, 2.75) is 56.3 Å². The van der Waals surface area contributed by atoms with Crippen LogP contribution in [-0.4, -0.2) is 114 Å². The van der Waals surface area contributed by atoms with Gasteiger partial charge >= 0.3 is 5.97 Å². The van der Waals surface area contributed by atoms with Gasteiger partial charge in [0.05, 0.1) is 26.1 Å². The summed E-state index contributed by atoms with van der Waals surface area (Å²) in [6.07, 6.45) is -1.41. The minimum absolute atomic E-state index is 0.0104. The molecule has 20 heteroatoms. The van der Waals surface area contributed by atoms with Crippen LogP contribution in [0.25, 0.3) is 0 Å². The Hall–Kier alpha value is -5.01. The van der Waals surface area contributed by atoms with Crippen molar-refractivity contribution in [1.82, 2.24) is 31.9 Å². The Labute approximate surface area is 238 Å². The van der Waals surface area contributed by atoms with Crippen molar-refractivity contribution in [2.24, 2.45) is 22.2 Å². The summed E-state index contributed by atoms with van der Waals surface area (Å²) in [5.74, 6) is -8.35. The van der Waals surface area contributed by atoms with Gasteiger partial charge in [0.1, 0.15) is 24.2 Å². The molecule has 0 unspecified atom stereocenters. The minimum Gasteiger partial charge on any atom is -0.481 e. The molecular formula is C22H36N10O10. The van der Waals surface area contributed by atoms with Crippen molar-refractivity contribution >= 4 is 53.3 Å². The molecule has 42 heavy (non-hydrogen) atoms. The zero-order valence-electron chi connectivity index (χ0n) is 22.5. The van der Waals surface area contributed by atoms with Gasteiger partial charge in [-0.3, -0.25) is 43.3 Å². The number of hydrogen-bond acceptors (Lipinski definition) is 10. The first-order chi connectivity index (χ1) is 19.7. The van der Waals surface area contributed by atoms with Crippen molar-refractivity contribution in [3.8, 4) is 0 Å². The van der Waals surface area contributed by atoms with Crippen LogP contribution in [0.1, 0.15) is 32.1 Å². The number of primary amides is 1. The average molecular weight is 601 g/mol. The number of hydrogen-bond donors (Lipinski definition) is 11. The smallest absolute Gasteiger partial charge is 0.305 e. The summed E-state index contributed by atoms with van der Waals surface area (Å²) in [6.45, 7) is -2.20.